The van der Waals surface area contributed by atoms with Gasteiger partial charge in [0.1, 0.15) is 17.4 Å². The molecule has 4 rings (SSSR count). The van der Waals surface area contributed by atoms with Gasteiger partial charge in [0, 0.05) is 36.8 Å². The van der Waals surface area contributed by atoms with Gasteiger partial charge in [-0.05, 0) is 67.4 Å². The first kappa shape index (κ1) is 19.6. The third-order valence-electron chi connectivity index (χ3n) is 4.91. The third kappa shape index (κ3) is 5.22. The van der Waals surface area contributed by atoms with Crippen LogP contribution in [0, 0.1) is 6.92 Å². The quantitative estimate of drug-likeness (QED) is 0.583. The molecule has 2 heterocycles. The molecule has 2 aromatic carbocycles. The summed E-state index contributed by atoms with van der Waals surface area (Å²) in [7, 11) is 1.70. The first-order valence-corrected chi connectivity index (χ1v) is 10.6. The Morgan fingerprint density at radius 1 is 0.897 bits per heavy atom. The number of ether oxygens (including phenoxy) is 1. The highest BCUT2D eigenvalue weighted by molar-refractivity contribution is 7.97. The number of aromatic nitrogens is 1. The van der Waals surface area contributed by atoms with Gasteiger partial charge in [0.25, 0.3) is 0 Å². The lowest BCUT2D eigenvalue weighted by Crippen LogP contribution is -2.43. The molecule has 29 heavy (non-hydrogen) atoms. The second kappa shape index (κ2) is 9.20. The Balaban J connectivity index is 1.33. The lowest BCUT2D eigenvalue weighted by molar-refractivity contribution is 0.414. The van der Waals surface area contributed by atoms with Crippen LogP contribution >= 0.6 is 11.9 Å². The molecule has 0 radical (unpaired) electrons. The van der Waals surface area contributed by atoms with E-state index in [1.54, 1.807) is 19.1 Å². The highest BCUT2D eigenvalue weighted by Crippen LogP contribution is 2.27. The molecule has 0 bridgehead atoms. The number of nitrogens with one attached hydrogen (secondary N) is 1. The summed E-state index contributed by atoms with van der Waals surface area (Å²) < 4.78 is 7.64. The van der Waals surface area contributed by atoms with Crippen molar-refractivity contribution in [3.05, 3.63) is 72.3 Å². The third-order valence-corrected chi connectivity index (χ3v) is 6.02. The molecule has 1 aromatic heterocycles. The summed E-state index contributed by atoms with van der Waals surface area (Å²) in [5, 5.41) is 3.40. The van der Waals surface area contributed by atoms with Crippen molar-refractivity contribution in [2.75, 3.05) is 43.5 Å². The SMILES string of the molecule is COc1ccc(SN2CCN(c3cccc(Nc4ccc(C)cc4)n3)CC2)cc1. The first-order valence-electron chi connectivity index (χ1n) is 9.82. The number of nitrogens with zero attached hydrogens (tertiary/aromatic N) is 3. The molecular formula is C23H26N4OS. The molecule has 6 heteroatoms. The molecule has 0 aliphatic carbocycles. The largest absolute Gasteiger partial charge is 0.497 e. The average Bonchev–Trinajstić information content (AvgIpc) is 2.77. The molecule has 5 nitrogen and oxygen atoms in total. The van der Waals surface area contributed by atoms with Gasteiger partial charge in [0.2, 0.25) is 0 Å². The minimum absolute atomic E-state index is 0.876. The van der Waals surface area contributed by atoms with Crippen LogP contribution in [0.1, 0.15) is 5.56 Å². The summed E-state index contributed by atoms with van der Waals surface area (Å²) in [6.45, 7) is 6.01. The Morgan fingerprint density at radius 2 is 1.62 bits per heavy atom. The molecular weight excluding hydrogens is 380 g/mol. The van der Waals surface area contributed by atoms with Gasteiger partial charge in [0.15, 0.2) is 0 Å². The maximum absolute atomic E-state index is 5.23. The minimum Gasteiger partial charge on any atom is -0.497 e. The highest BCUT2D eigenvalue weighted by atomic mass is 32.2. The lowest BCUT2D eigenvalue weighted by atomic mass is 10.2. The Bertz CT molecular complexity index is 922. The number of methoxy groups -OCH3 is 1. The Hall–Kier alpha value is -2.70. The molecule has 1 aliphatic rings. The van der Waals surface area contributed by atoms with E-state index >= 15 is 0 Å². The average molecular weight is 407 g/mol. The molecule has 1 saturated heterocycles. The van der Waals surface area contributed by atoms with Crippen molar-refractivity contribution in [3.8, 4) is 5.75 Å². The maximum atomic E-state index is 5.23. The van der Waals surface area contributed by atoms with Crippen LogP contribution in [0.3, 0.4) is 0 Å². The van der Waals surface area contributed by atoms with Crippen LogP contribution in [-0.4, -0.2) is 42.6 Å². The van der Waals surface area contributed by atoms with Gasteiger partial charge in [-0.3, -0.25) is 0 Å². The van der Waals surface area contributed by atoms with Crippen molar-refractivity contribution < 1.29 is 4.74 Å². The summed E-state index contributed by atoms with van der Waals surface area (Å²) in [5.74, 6) is 2.79. The second-order valence-corrected chi connectivity index (χ2v) is 8.23. The molecule has 150 valence electrons. The second-order valence-electron chi connectivity index (χ2n) is 7.05. The Kier molecular flexibility index (Phi) is 6.22. The summed E-state index contributed by atoms with van der Waals surface area (Å²) in [6, 6.07) is 22.8. The predicted molar refractivity (Wildman–Crippen MR) is 121 cm³/mol. The molecule has 1 aliphatic heterocycles. The number of anilines is 3. The van der Waals surface area contributed by atoms with Crippen LogP contribution in [0.2, 0.25) is 0 Å². The molecule has 3 aromatic rings. The molecule has 0 amide bonds. The van der Waals surface area contributed by atoms with Crippen molar-refractivity contribution in [1.82, 2.24) is 9.29 Å². The van der Waals surface area contributed by atoms with Crippen LogP contribution in [0.25, 0.3) is 0 Å². The van der Waals surface area contributed by atoms with Gasteiger partial charge in [-0.2, -0.15) is 0 Å². The van der Waals surface area contributed by atoms with Gasteiger partial charge in [0.05, 0.1) is 7.11 Å². The summed E-state index contributed by atoms with van der Waals surface area (Å²) in [4.78, 5) is 8.41. The monoisotopic (exact) mass is 406 g/mol. The smallest absolute Gasteiger partial charge is 0.132 e. The first-order chi connectivity index (χ1) is 14.2. The van der Waals surface area contributed by atoms with Crippen molar-refractivity contribution in [2.45, 2.75) is 11.8 Å². The zero-order valence-corrected chi connectivity index (χ0v) is 17.7. The fraction of sp³-hybridized carbons (Fsp3) is 0.261. The predicted octanol–water partition coefficient (Wildman–Crippen LogP) is 4.97. The van der Waals surface area contributed by atoms with E-state index in [9.17, 15) is 0 Å². The minimum atomic E-state index is 0.876. The molecule has 0 unspecified atom stereocenters. The van der Waals surface area contributed by atoms with E-state index in [0.29, 0.717) is 0 Å². The number of rotatable bonds is 6. The van der Waals surface area contributed by atoms with Crippen molar-refractivity contribution in [1.29, 1.82) is 0 Å². The molecule has 0 saturated carbocycles. The van der Waals surface area contributed by atoms with Gasteiger partial charge < -0.3 is 15.0 Å². The van der Waals surface area contributed by atoms with E-state index in [1.807, 2.05) is 18.2 Å². The normalized spacial score (nSPS) is 14.6. The molecule has 0 spiro atoms. The Labute approximate surface area is 176 Å². The summed E-state index contributed by atoms with van der Waals surface area (Å²) >= 11 is 1.81. The summed E-state index contributed by atoms with van der Waals surface area (Å²) in [6.07, 6.45) is 0. The highest BCUT2D eigenvalue weighted by Gasteiger charge is 2.19. The zero-order chi connectivity index (χ0) is 20.1. The number of piperazine rings is 1. The van der Waals surface area contributed by atoms with E-state index in [1.165, 1.54) is 10.5 Å². The van der Waals surface area contributed by atoms with Crippen molar-refractivity contribution >= 4 is 29.3 Å². The maximum Gasteiger partial charge on any atom is 0.132 e. The van der Waals surface area contributed by atoms with E-state index in [0.717, 1.165) is 49.3 Å². The molecule has 1 fully saturated rings. The zero-order valence-electron chi connectivity index (χ0n) is 16.8. The van der Waals surface area contributed by atoms with E-state index in [4.69, 9.17) is 9.72 Å². The van der Waals surface area contributed by atoms with E-state index in [-0.39, 0.29) is 0 Å². The van der Waals surface area contributed by atoms with Crippen LogP contribution in [0.15, 0.2) is 71.6 Å². The van der Waals surface area contributed by atoms with Crippen LogP contribution in [-0.2, 0) is 0 Å². The number of aryl methyl sites for hydroxylation is 1. The van der Waals surface area contributed by atoms with Crippen LogP contribution < -0.4 is 15.0 Å². The van der Waals surface area contributed by atoms with Crippen molar-refractivity contribution in [3.63, 3.8) is 0 Å². The van der Waals surface area contributed by atoms with Crippen molar-refractivity contribution in [2.24, 2.45) is 0 Å². The van der Waals surface area contributed by atoms with Gasteiger partial charge in [-0.15, -0.1) is 0 Å². The topological polar surface area (TPSA) is 40.6 Å². The van der Waals surface area contributed by atoms with Gasteiger partial charge >= 0.3 is 0 Å². The fourth-order valence-corrected chi connectivity index (χ4v) is 4.15. The van der Waals surface area contributed by atoms with Gasteiger partial charge in [-0.1, -0.05) is 23.8 Å². The number of pyridine rings is 1. The Morgan fingerprint density at radius 3 is 2.31 bits per heavy atom. The molecule has 0 atom stereocenters. The van der Waals surface area contributed by atoms with Crippen LogP contribution in [0.4, 0.5) is 17.3 Å². The van der Waals surface area contributed by atoms with Gasteiger partial charge in [-0.25, -0.2) is 9.29 Å². The number of benzene rings is 2. The number of hydrogen-bond acceptors (Lipinski definition) is 6. The standard InChI is InChI=1S/C23H26N4OS/c1-18-6-8-19(9-7-18)24-22-4-3-5-23(25-22)26-14-16-27(17-15-26)29-21-12-10-20(28-2)11-13-21/h3-13H,14-17H2,1-2H3,(H,24,25). The van der Waals surface area contributed by atoms with E-state index < -0.39 is 0 Å². The lowest BCUT2D eigenvalue weighted by Gasteiger charge is -2.34. The number of hydrogen-bond donors (Lipinski definition) is 1. The fourth-order valence-electron chi connectivity index (χ4n) is 3.25. The van der Waals surface area contributed by atoms with Crippen LogP contribution in [0.5, 0.6) is 5.75 Å². The summed E-state index contributed by atoms with van der Waals surface area (Å²) in [5.41, 5.74) is 2.31. The molecule has 1 N–H and O–H groups in total. The van der Waals surface area contributed by atoms with E-state index in [2.05, 4.69) is 70.0 Å².